The largest absolute Gasteiger partial charge is 0.496 e. The molecule has 0 aliphatic heterocycles. The fourth-order valence-electron chi connectivity index (χ4n) is 3.32. The summed E-state index contributed by atoms with van der Waals surface area (Å²) in [5.74, 6) is 2.13. The Hall–Kier alpha value is -2.88. The third-order valence-electron chi connectivity index (χ3n) is 4.60. The molecule has 4 nitrogen and oxygen atoms in total. The zero-order valence-corrected chi connectivity index (χ0v) is 14.2. The number of nitrogens with zero attached hydrogens (tertiary/aromatic N) is 2. The molecule has 1 aromatic carbocycles. The summed E-state index contributed by atoms with van der Waals surface area (Å²) in [5, 5.41) is 0. The van der Waals surface area contributed by atoms with Crippen LogP contribution in [0.3, 0.4) is 0 Å². The van der Waals surface area contributed by atoms with Crippen molar-refractivity contribution in [2.45, 2.75) is 25.7 Å². The molecule has 4 rings (SSSR count). The molecule has 0 spiro atoms. The van der Waals surface area contributed by atoms with E-state index in [0.29, 0.717) is 5.88 Å². The van der Waals surface area contributed by atoms with Gasteiger partial charge in [0, 0.05) is 29.7 Å². The van der Waals surface area contributed by atoms with E-state index in [9.17, 15) is 0 Å². The number of fused-ring (bicyclic) bond motifs is 1. The number of aryl methyl sites for hydroxylation is 2. The summed E-state index contributed by atoms with van der Waals surface area (Å²) in [6.07, 6.45) is 10.0. The minimum absolute atomic E-state index is 0.560. The van der Waals surface area contributed by atoms with Crippen molar-refractivity contribution in [3.05, 3.63) is 66.1 Å². The Bertz CT molecular complexity index is 893. The first-order valence-corrected chi connectivity index (χ1v) is 8.58. The van der Waals surface area contributed by atoms with E-state index in [-0.39, 0.29) is 0 Å². The molecule has 0 saturated carbocycles. The van der Waals surface area contributed by atoms with Gasteiger partial charge in [0.05, 0.1) is 7.11 Å². The molecule has 0 bridgehead atoms. The van der Waals surface area contributed by atoms with Crippen molar-refractivity contribution in [2.24, 2.45) is 0 Å². The molecule has 1 aliphatic carbocycles. The van der Waals surface area contributed by atoms with Crippen molar-refractivity contribution in [1.29, 1.82) is 0 Å². The maximum atomic E-state index is 6.14. The number of pyridine rings is 2. The lowest BCUT2D eigenvalue weighted by atomic mass is 9.92. The van der Waals surface area contributed by atoms with Gasteiger partial charge in [-0.05, 0) is 67.1 Å². The fourth-order valence-corrected chi connectivity index (χ4v) is 3.32. The zero-order valence-electron chi connectivity index (χ0n) is 14.2. The van der Waals surface area contributed by atoms with E-state index < -0.39 is 0 Å². The van der Waals surface area contributed by atoms with E-state index in [4.69, 9.17) is 9.47 Å². The molecule has 0 radical (unpaired) electrons. The molecular formula is C21H20N2O2. The Morgan fingerprint density at radius 2 is 1.80 bits per heavy atom. The molecule has 25 heavy (non-hydrogen) atoms. The number of benzene rings is 1. The van der Waals surface area contributed by atoms with Crippen molar-refractivity contribution in [3.63, 3.8) is 0 Å². The highest BCUT2D eigenvalue weighted by atomic mass is 16.5. The van der Waals surface area contributed by atoms with Gasteiger partial charge in [-0.2, -0.15) is 0 Å². The number of rotatable bonds is 4. The van der Waals surface area contributed by atoms with Crippen LogP contribution in [0, 0.1) is 0 Å². The van der Waals surface area contributed by atoms with E-state index >= 15 is 0 Å². The first kappa shape index (κ1) is 15.6. The van der Waals surface area contributed by atoms with Crippen molar-refractivity contribution >= 4 is 0 Å². The quantitative estimate of drug-likeness (QED) is 0.687. The lowest BCUT2D eigenvalue weighted by Crippen LogP contribution is -2.02. The Morgan fingerprint density at radius 1 is 0.920 bits per heavy atom. The van der Waals surface area contributed by atoms with Gasteiger partial charge >= 0.3 is 0 Å². The predicted octanol–water partition coefficient (Wildman–Crippen LogP) is 4.82. The number of methoxy groups -OCH3 is 1. The summed E-state index contributed by atoms with van der Waals surface area (Å²) in [4.78, 5) is 8.64. The predicted molar refractivity (Wildman–Crippen MR) is 97.2 cm³/mol. The normalized spacial score (nSPS) is 13.2. The van der Waals surface area contributed by atoms with Gasteiger partial charge < -0.3 is 9.47 Å². The highest BCUT2D eigenvalue weighted by Gasteiger charge is 2.15. The van der Waals surface area contributed by atoms with Gasteiger partial charge in [0.1, 0.15) is 11.5 Å². The van der Waals surface area contributed by atoms with Crippen LogP contribution in [-0.2, 0) is 12.8 Å². The van der Waals surface area contributed by atoms with Crippen molar-refractivity contribution in [2.75, 3.05) is 7.11 Å². The third-order valence-corrected chi connectivity index (χ3v) is 4.60. The van der Waals surface area contributed by atoms with Crippen LogP contribution in [0.5, 0.6) is 17.4 Å². The molecular weight excluding hydrogens is 312 g/mol. The highest BCUT2D eigenvalue weighted by molar-refractivity contribution is 5.73. The SMILES string of the molecule is COc1ccncc1-c1cccnc1Oc1ccc2c(c1)CCCC2. The van der Waals surface area contributed by atoms with Crippen LogP contribution in [-0.4, -0.2) is 17.1 Å². The summed E-state index contributed by atoms with van der Waals surface area (Å²) < 4.78 is 11.6. The molecule has 0 atom stereocenters. The van der Waals surface area contributed by atoms with Crippen LogP contribution in [0.2, 0.25) is 0 Å². The molecule has 0 amide bonds. The average molecular weight is 332 g/mol. The maximum Gasteiger partial charge on any atom is 0.227 e. The Morgan fingerprint density at radius 3 is 2.68 bits per heavy atom. The fraction of sp³-hybridized carbons (Fsp3) is 0.238. The van der Waals surface area contributed by atoms with Crippen LogP contribution in [0.1, 0.15) is 24.0 Å². The summed E-state index contributed by atoms with van der Waals surface area (Å²) in [7, 11) is 1.65. The lowest BCUT2D eigenvalue weighted by molar-refractivity contribution is 0.415. The van der Waals surface area contributed by atoms with Crippen LogP contribution in [0.4, 0.5) is 0 Å². The average Bonchev–Trinajstić information content (AvgIpc) is 2.68. The highest BCUT2D eigenvalue weighted by Crippen LogP contribution is 2.36. The minimum atomic E-state index is 0.560. The molecule has 0 saturated heterocycles. The van der Waals surface area contributed by atoms with E-state index in [1.807, 2.05) is 24.3 Å². The molecule has 2 aromatic heterocycles. The van der Waals surface area contributed by atoms with Gasteiger partial charge in [0.2, 0.25) is 5.88 Å². The third kappa shape index (κ3) is 3.20. The molecule has 0 unspecified atom stereocenters. The number of hydrogen-bond donors (Lipinski definition) is 0. The van der Waals surface area contributed by atoms with E-state index in [0.717, 1.165) is 35.5 Å². The van der Waals surface area contributed by atoms with Gasteiger partial charge in [-0.3, -0.25) is 4.98 Å². The molecule has 1 aliphatic rings. The summed E-state index contributed by atoms with van der Waals surface area (Å²) in [6, 6.07) is 12.1. The minimum Gasteiger partial charge on any atom is -0.496 e. The second kappa shape index (κ2) is 6.93. The Balaban J connectivity index is 1.70. The topological polar surface area (TPSA) is 44.2 Å². The first-order chi connectivity index (χ1) is 12.3. The molecule has 3 aromatic rings. The molecule has 2 heterocycles. The molecule has 126 valence electrons. The van der Waals surface area contributed by atoms with Crippen LogP contribution in [0.15, 0.2) is 55.0 Å². The standard InChI is InChI=1S/C21H20N2O2/c1-24-20-10-12-22-14-19(20)18-7-4-11-23-21(18)25-17-9-8-15-5-2-3-6-16(15)13-17/h4,7-14H,2-3,5-6H2,1H3. The van der Waals surface area contributed by atoms with Crippen LogP contribution < -0.4 is 9.47 Å². The molecule has 0 fully saturated rings. The summed E-state index contributed by atoms with van der Waals surface area (Å²) >= 11 is 0. The van der Waals surface area contributed by atoms with E-state index in [2.05, 4.69) is 22.1 Å². The van der Waals surface area contributed by atoms with Crippen LogP contribution >= 0.6 is 0 Å². The first-order valence-electron chi connectivity index (χ1n) is 8.58. The van der Waals surface area contributed by atoms with Gasteiger partial charge in [0.25, 0.3) is 0 Å². The van der Waals surface area contributed by atoms with Crippen molar-refractivity contribution in [1.82, 2.24) is 9.97 Å². The second-order valence-electron chi connectivity index (χ2n) is 6.17. The van der Waals surface area contributed by atoms with Gasteiger partial charge in [-0.1, -0.05) is 6.07 Å². The second-order valence-corrected chi connectivity index (χ2v) is 6.17. The zero-order chi connectivity index (χ0) is 17.1. The van der Waals surface area contributed by atoms with Gasteiger partial charge in [-0.25, -0.2) is 4.98 Å². The van der Waals surface area contributed by atoms with E-state index in [1.54, 1.807) is 25.7 Å². The van der Waals surface area contributed by atoms with Crippen LogP contribution in [0.25, 0.3) is 11.1 Å². The smallest absolute Gasteiger partial charge is 0.227 e. The molecule has 0 N–H and O–H groups in total. The lowest BCUT2D eigenvalue weighted by Gasteiger charge is -2.17. The number of ether oxygens (including phenoxy) is 2. The Labute approximate surface area is 147 Å². The van der Waals surface area contributed by atoms with Crippen molar-refractivity contribution < 1.29 is 9.47 Å². The summed E-state index contributed by atoms with van der Waals surface area (Å²) in [5.41, 5.74) is 4.56. The molecule has 4 heteroatoms. The van der Waals surface area contributed by atoms with Gasteiger partial charge in [-0.15, -0.1) is 0 Å². The van der Waals surface area contributed by atoms with Crippen molar-refractivity contribution in [3.8, 4) is 28.5 Å². The monoisotopic (exact) mass is 332 g/mol. The maximum absolute atomic E-state index is 6.14. The summed E-state index contributed by atoms with van der Waals surface area (Å²) in [6.45, 7) is 0. The van der Waals surface area contributed by atoms with Gasteiger partial charge in [0.15, 0.2) is 0 Å². The number of aromatic nitrogens is 2. The van der Waals surface area contributed by atoms with E-state index in [1.165, 1.54) is 24.0 Å². The Kier molecular flexibility index (Phi) is 4.34. The number of hydrogen-bond acceptors (Lipinski definition) is 4.